The molecule has 0 aromatic rings. The molecule has 0 heterocycles. The van der Waals surface area contributed by atoms with Gasteiger partial charge in [-0.25, -0.2) is 0 Å². The summed E-state index contributed by atoms with van der Waals surface area (Å²) in [5.41, 5.74) is 1.28. The molecule has 1 N–H and O–H groups in total. The van der Waals surface area contributed by atoms with E-state index in [1.54, 1.807) is 0 Å². The van der Waals surface area contributed by atoms with E-state index in [4.69, 9.17) is 10.1 Å². The van der Waals surface area contributed by atoms with Crippen LogP contribution in [-0.4, -0.2) is 12.5 Å². The summed E-state index contributed by atoms with van der Waals surface area (Å²) in [6, 6.07) is 0. The smallest absolute Gasteiger partial charge is 0.188 e. The molecule has 1 atom stereocenters. The van der Waals surface area contributed by atoms with Crippen LogP contribution in [0.4, 0.5) is 0 Å². The van der Waals surface area contributed by atoms with Gasteiger partial charge in [0.1, 0.15) is 0 Å². The van der Waals surface area contributed by atoms with Gasteiger partial charge in [0.25, 0.3) is 0 Å². The predicted molar refractivity (Wildman–Crippen MR) is 41.2 cm³/mol. The minimum absolute atomic E-state index is 0.292. The molecule has 1 rings (SSSR count). The van der Waals surface area contributed by atoms with Gasteiger partial charge in [-0.15, -0.1) is 0 Å². The van der Waals surface area contributed by atoms with Crippen LogP contribution in [0.1, 0.15) is 20.3 Å². The summed E-state index contributed by atoms with van der Waals surface area (Å²) in [4.78, 5) is 0. The number of hydrogen-bond acceptors (Lipinski definition) is 2. The van der Waals surface area contributed by atoms with Crippen molar-refractivity contribution in [1.29, 1.82) is 5.41 Å². The molecule has 2 nitrogen and oxygen atoms in total. The first kappa shape index (κ1) is 7.32. The third-order valence-corrected chi connectivity index (χ3v) is 1.84. The molecule has 0 fully saturated rings. The van der Waals surface area contributed by atoms with E-state index in [1.165, 1.54) is 5.57 Å². The molecule has 0 saturated heterocycles. The molecule has 0 spiro atoms. The number of nitrogens with one attached hydrogen (secondary N) is 1. The average molecular weight is 139 g/mol. The first-order valence-corrected chi connectivity index (χ1v) is 3.63. The topological polar surface area (TPSA) is 33.1 Å². The van der Waals surface area contributed by atoms with Crippen LogP contribution in [0.3, 0.4) is 0 Å². The molecule has 0 amide bonds. The van der Waals surface area contributed by atoms with E-state index in [0.29, 0.717) is 18.4 Å². The van der Waals surface area contributed by atoms with E-state index < -0.39 is 0 Å². The Balaban J connectivity index is 2.37. The summed E-state index contributed by atoms with van der Waals surface area (Å²) >= 11 is 0. The van der Waals surface area contributed by atoms with E-state index in [9.17, 15) is 0 Å². The van der Waals surface area contributed by atoms with Gasteiger partial charge in [-0.05, 0) is 20.3 Å². The maximum atomic E-state index is 7.41. The Hall–Kier alpha value is -0.790. The van der Waals surface area contributed by atoms with Crippen molar-refractivity contribution >= 4 is 5.90 Å². The van der Waals surface area contributed by atoms with Crippen LogP contribution < -0.4 is 0 Å². The SMILES string of the molecule is CCOC(=N)C1CC=C1C. The fraction of sp³-hybridized carbons (Fsp3) is 0.625. The second kappa shape index (κ2) is 2.86. The normalized spacial score (nSPS) is 23.0. The summed E-state index contributed by atoms with van der Waals surface area (Å²) in [6.45, 7) is 4.57. The first-order chi connectivity index (χ1) is 4.75. The molecule has 56 valence electrons. The zero-order chi connectivity index (χ0) is 7.56. The zero-order valence-corrected chi connectivity index (χ0v) is 6.48. The third kappa shape index (κ3) is 1.20. The molecule has 1 aliphatic rings. The van der Waals surface area contributed by atoms with Crippen molar-refractivity contribution < 1.29 is 4.74 Å². The molecular weight excluding hydrogens is 126 g/mol. The van der Waals surface area contributed by atoms with Crippen molar-refractivity contribution in [3.05, 3.63) is 11.6 Å². The van der Waals surface area contributed by atoms with E-state index in [0.717, 1.165) is 6.42 Å². The maximum Gasteiger partial charge on any atom is 0.188 e. The fourth-order valence-electron chi connectivity index (χ4n) is 1.04. The molecule has 1 unspecified atom stereocenters. The molecule has 0 aromatic heterocycles. The molecule has 0 saturated carbocycles. The van der Waals surface area contributed by atoms with E-state index >= 15 is 0 Å². The van der Waals surface area contributed by atoms with Crippen LogP contribution >= 0.6 is 0 Å². The number of ether oxygens (including phenoxy) is 1. The summed E-state index contributed by atoms with van der Waals surface area (Å²) in [5.74, 6) is 0.724. The monoisotopic (exact) mass is 139 g/mol. The number of hydrogen-bond donors (Lipinski definition) is 1. The molecule has 0 bridgehead atoms. The molecule has 2 heteroatoms. The molecule has 10 heavy (non-hydrogen) atoms. The van der Waals surface area contributed by atoms with Gasteiger partial charge in [0.05, 0.1) is 12.5 Å². The van der Waals surface area contributed by atoms with Crippen LogP contribution in [0.15, 0.2) is 11.6 Å². The van der Waals surface area contributed by atoms with Crippen molar-refractivity contribution in [2.45, 2.75) is 20.3 Å². The lowest BCUT2D eigenvalue weighted by molar-refractivity contribution is 0.299. The molecule has 0 aliphatic heterocycles. The highest BCUT2D eigenvalue weighted by Crippen LogP contribution is 2.27. The average Bonchev–Trinajstić information content (AvgIpc) is 1.85. The van der Waals surface area contributed by atoms with E-state index in [-0.39, 0.29) is 0 Å². The summed E-state index contributed by atoms with van der Waals surface area (Å²) in [5, 5.41) is 7.41. The molecule has 1 aliphatic carbocycles. The van der Waals surface area contributed by atoms with Gasteiger partial charge in [-0.1, -0.05) is 11.6 Å². The maximum absolute atomic E-state index is 7.41. The Labute approximate surface area is 61.4 Å². The summed E-state index contributed by atoms with van der Waals surface area (Å²) in [6.07, 6.45) is 3.13. The van der Waals surface area contributed by atoms with Gasteiger partial charge < -0.3 is 4.74 Å². The molecular formula is C8H13NO. The van der Waals surface area contributed by atoms with Crippen LogP contribution in [0.2, 0.25) is 0 Å². The van der Waals surface area contributed by atoms with Crippen molar-refractivity contribution in [2.24, 2.45) is 5.92 Å². The highest BCUT2D eigenvalue weighted by Gasteiger charge is 2.22. The van der Waals surface area contributed by atoms with Crippen LogP contribution in [0, 0.1) is 11.3 Å². The van der Waals surface area contributed by atoms with Crippen molar-refractivity contribution in [2.75, 3.05) is 6.61 Å². The highest BCUT2D eigenvalue weighted by molar-refractivity contribution is 5.80. The summed E-state index contributed by atoms with van der Waals surface area (Å²) in [7, 11) is 0. The standard InChI is InChI=1S/C8H13NO/c1-3-10-8(9)7-5-4-6(7)2/h4,7,9H,3,5H2,1-2H3. The Morgan fingerprint density at radius 1 is 1.90 bits per heavy atom. The van der Waals surface area contributed by atoms with Gasteiger partial charge in [-0.3, -0.25) is 5.41 Å². The minimum Gasteiger partial charge on any atom is -0.481 e. The highest BCUT2D eigenvalue weighted by atomic mass is 16.5. The van der Waals surface area contributed by atoms with Gasteiger partial charge >= 0.3 is 0 Å². The van der Waals surface area contributed by atoms with Crippen LogP contribution in [0.5, 0.6) is 0 Å². The van der Waals surface area contributed by atoms with Crippen LogP contribution in [-0.2, 0) is 4.74 Å². The van der Waals surface area contributed by atoms with E-state index in [2.05, 4.69) is 6.08 Å². The third-order valence-electron chi connectivity index (χ3n) is 1.84. The number of allylic oxidation sites excluding steroid dienone is 1. The second-order valence-corrected chi connectivity index (χ2v) is 2.53. The fourth-order valence-corrected chi connectivity index (χ4v) is 1.04. The number of rotatable bonds is 2. The lowest BCUT2D eigenvalue weighted by Gasteiger charge is -2.24. The van der Waals surface area contributed by atoms with Gasteiger partial charge in [0.2, 0.25) is 0 Å². The lowest BCUT2D eigenvalue weighted by Crippen LogP contribution is -2.22. The van der Waals surface area contributed by atoms with Crippen molar-refractivity contribution in [3.63, 3.8) is 0 Å². The quantitative estimate of drug-likeness (QED) is 0.354. The van der Waals surface area contributed by atoms with Gasteiger partial charge in [0, 0.05) is 0 Å². The zero-order valence-electron chi connectivity index (χ0n) is 6.48. The Morgan fingerprint density at radius 3 is 2.90 bits per heavy atom. The van der Waals surface area contributed by atoms with Crippen LogP contribution in [0.25, 0.3) is 0 Å². The van der Waals surface area contributed by atoms with Gasteiger partial charge in [-0.2, -0.15) is 0 Å². The first-order valence-electron chi connectivity index (χ1n) is 3.63. The van der Waals surface area contributed by atoms with E-state index in [1.807, 2.05) is 13.8 Å². The Kier molecular flexibility index (Phi) is 2.10. The minimum atomic E-state index is 0.292. The summed E-state index contributed by atoms with van der Waals surface area (Å²) < 4.78 is 5.06. The largest absolute Gasteiger partial charge is 0.481 e. The Bertz CT molecular complexity index is 172. The van der Waals surface area contributed by atoms with Crippen molar-refractivity contribution in [1.82, 2.24) is 0 Å². The van der Waals surface area contributed by atoms with Crippen molar-refractivity contribution in [3.8, 4) is 0 Å². The van der Waals surface area contributed by atoms with Gasteiger partial charge in [0.15, 0.2) is 5.90 Å². The second-order valence-electron chi connectivity index (χ2n) is 2.53. The predicted octanol–water partition coefficient (Wildman–Crippen LogP) is 1.97. The molecule has 0 aromatic carbocycles. The lowest BCUT2D eigenvalue weighted by atomic mass is 9.86. The molecule has 0 radical (unpaired) electrons. The Morgan fingerprint density at radius 2 is 2.60 bits per heavy atom.